The van der Waals surface area contributed by atoms with Gasteiger partial charge in [0.25, 0.3) is 0 Å². The van der Waals surface area contributed by atoms with E-state index in [1.165, 1.54) is 12.1 Å². The van der Waals surface area contributed by atoms with Crippen molar-refractivity contribution in [3.63, 3.8) is 0 Å². The molecule has 0 heterocycles. The third kappa shape index (κ3) is 2.45. The highest BCUT2D eigenvalue weighted by molar-refractivity contribution is 5.85. The number of benzene rings is 1. The molecule has 0 fully saturated rings. The maximum absolute atomic E-state index is 13.0. The second-order valence-corrected chi connectivity index (χ2v) is 2.76. The van der Waals surface area contributed by atoms with Crippen molar-refractivity contribution < 1.29 is 13.9 Å². The van der Waals surface area contributed by atoms with Crippen LogP contribution in [0.5, 0.6) is 0 Å². The van der Waals surface area contributed by atoms with Gasteiger partial charge in [0.15, 0.2) is 0 Å². The summed E-state index contributed by atoms with van der Waals surface area (Å²) >= 11 is 0. The van der Waals surface area contributed by atoms with E-state index in [1.807, 2.05) is 0 Å². The highest BCUT2D eigenvalue weighted by Crippen LogP contribution is 2.17. The smallest absolute Gasteiger partial charge is 0.411 e. The lowest BCUT2D eigenvalue weighted by molar-refractivity contribution is 0.168. The molecule has 76 valence electrons. The fourth-order valence-corrected chi connectivity index (χ4v) is 1.02. The molecule has 4 heteroatoms. The monoisotopic (exact) mass is 197 g/mol. The van der Waals surface area contributed by atoms with Crippen LogP contribution in [0.25, 0.3) is 0 Å². The maximum atomic E-state index is 13.0. The third-order valence-electron chi connectivity index (χ3n) is 1.78. The largest absolute Gasteiger partial charge is 0.450 e. The number of carbonyl (C=O) groups is 1. The molecule has 0 aliphatic rings. The van der Waals surface area contributed by atoms with Gasteiger partial charge >= 0.3 is 6.09 Å². The molecule has 1 N–H and O–H groups in total. The third-order valence-corrected chi connectivity index (χ3v) is 1.78. The number of halogens is 1. The Morgan fingerprint density at radius 2 is 2.29 bits per heavy atom. The summed E-state index contributed by atoms with van der Waals surface area (Å²) in [6, 6.07) is 4.49. The molecule has 0 aliphatic heterocycles. The molecule has 1 aromatic carbocycles. The minimum absolute atomic E-state index is 0.292. The Kier molecular flexibility index (Phi) is 3.45. The quantitative estimate of drug-likeness (QED) is 0.791. The first-order valence-corrected chi connectivity index (χ1v) is 4.34. The van der Waals surface area contributed by atoms with E-state index in [1.54, 1.807) is 19.9 Å². The van der Waals surface area contributed by atoms with Crippen LogP contribution in [0.2, 0.25) is 0 Å². The average Bonchev–Trinajstić information content (AvgIpc) is 2.13. The molecule has 0 aliphatic carbocycles. The molecular weight excluding hydrogens is 185 g/mol. The van der Waals surface area contributed by atoms with Gasteiger partial charge in [0.1, 0.15) is 5.82 Å². The van der Waals surface area contributed by atoms with Crippen LogP contribution in [-0.2, 0) is 4.74 Å². The van der Waals surface area contributed by atoms with E-state index in [4.69, 9.17) is 0 Å². The Labute approximate surface area is 81.9 Å². The lowest BCUT2D eigenvalue weighted by Crippen LogP contribution is -2.14. The molecule has 0 spiro atoms. The molecule has 1 rings (SSSR count). The normalized spacial score (nSPS) is 9.64. The Morgan fingerprint density at radius 3 is 2.93 bits per heavy atom. The molecule has 1 amide bonds. The lowest BCUT2D eigenvalue weighted by atomic mass is 10.2. The summed E-state index contributed by atoms with van der Waals surface area (Å²) in [7, 11) is 0. The summed E-state index contributed by atoms with van der Waals surface area (Å²) in [5, 5.41) is 2.45. The van der Waals surface area contributed by atoms with Gasteiger partial charge in [0.05, 0.1) is 6.61 Å². The van der Waals surface area contributed by atoms with Gasteiger partial charge in [-0.05, 0) is 26.0 Å². The maximum Gasteiger partial charge on any atom is 0.411 e. The minimum Gasteiger partial charge on any atom is -0.450 e. The first-order chi connectivity index (χ1) is 6.65. The molecule has 1 aromatic rings. The van der Waals surface area contributed by atoms with E-state index in [0.717, 1.165) is 0 Å². The molecule has 0 saturated heterocycles. The average molecular weight is 197 g/mol. The predicted molar refractivity (Wildman–Crippen MR) is 51.8 cm³/mol. The highest BCUT2D eigenvalue weighted by Gasteiger charge is 2.06. The minimum atomic E-state index is -0.568. The molecule has 0 saturated carbocycles. The molecule has 0 aromatic heterocycles. The molecule has 0 unspecified atom stereocenters. The van der Waals surface area contributed by atoms with E-state index in [0.29, 0.717) is 17.9 Å². The Morgan fingerprint density at radius 1 is 1.57 bits per heavy atom. The van der Waals surface area contributed by atoms with Crippen LogP contribution in [0.15, 0.2) is 18.2 Å². The van der Waals surface area contributed by atoms with Gasteiger partial charge in [-0.1, -0.05) is 6.07 Å². The summed E-state index contributed by atoms with van der Waals surface area (Å²) in [5.41, 5.74) is 0.837. The SMILES string of the molecule is CCOC(=O)Nc1cccc(F)c1C. The van der Waals surface area contributed by atoms with Gasteiger partial charge in [-0.15, -0.1) is 0 Å². The van der Waals surface area contributed by atoms with Crippen LogP contribution in [-0.4, -0.2) is 12.7 Å². The Bertz CT molecular complexity index is 339. The number of carbonyl (C=O) groups excluding carboxylic acids is 1. The second-order valence-electron chi connectivity index (χ2n) is 2.76. The van der Waals surface area contributed by atoms with E-state index in [-0.39, 0.29) is 5.82 Å². The van der Waals surface area contributed by atoms with Crippen LogP contribution < -0.4 is 5.32 Å². The van der Waals surface area contributed by atoms with E-state index in [9.17, 15) is 9.18 Å². The number of anilines is 1. The summed E-state index contributed by atoms with van der Waals surface area (Å²) in [4.78, 5) is 11.0. The van der Waals surface area contributed by atoms with Crippen LogP contribution in [0.1, 0.15) is 12.5 Å². The van der Waals surface area contributed by atoms with Crippen molar-refractivity contribution in [3.05, 3.63) is 29.6 Å². The number of hydrogen-bond acceptors (Lipinski definition) is 2. The second kappa shape index (κ2) is 4.60. The first-order valence-electron chi connectivity index (χ1n) is 4.34. The topological polar surface area (TPSA) is 38.3 Å². The van der Waals surface area contributed by atoms with Gasteiger partial charge in [-0.3, -0.25) is 5.32 Å². The zero-order chi connectivity index (χ0) is 10.6. The first kappa shape index (κ1) is 10.5. The number of ether oxygens (including phenoxy) is 1. The summed E-state index contributed by atoms with van der Waals surface area (Å²) in [6.07, 6.45) is -0.568. The Hall–Kier alpha value is -1.58. The molecule has 0 atom stereocenters. The van der Waals surface area contributed by atoms with Gasteiger partial charge in [0.2, 0.25) is 0 Å². The number of rotatable bonds is 2. The van der Waals surface area contributed by atoms with Gasteiger partial charge in [-0.25, -0.2) is 9.18 Å². The standard InChI is InChI=1S/C10H12FNO2/c1-3-14-10(13)12-9-6-4-5-8(11)7(9)2/h4-6H,3H2,1-2H3,(H,12,13). The fourth-order valence-electron chi connectivity index (χ4n) is 1.02. The summed E-state index contributed by atoms with van der Waals surface area (Å²) < 4.78 is 17.7. The molecule has 14 heavy (non-hydrogen) atoms. The van der Waals surface area contributed by atoms with Crippen molar-refractivity contribution in [1.29, 1.82) is 0 Å². The van der Waals surface area contributed by atoms with Crippen molar-refractivity contribution in [2.45, 2.75) is 13.8 Å². The predicted octanol–water partition coefficient (Wildman–Crippen LogP) is 2.70. The van der Waals surface area contributed by atoms with Gasteiger partial charge in [-0.2, -0.15) is 0 Å². The van der Waals surface area contributed by atoms with Crippen molar-refractivity contribution >= 4 is 11.8 Å². The summed E-state index contributed by atoms with van der Waals surface area (Å²) in [5.74, 6) is -0.348. The molecule has 3 nitrogen and oxygen atoms in total. The van der Waals surface area contributed by atoms with Crippen LogP contribution in [0.4, 0.5) is 14.9 Å². The van der Waals surface area contributed by atoms with Crippen LogP contribution in [0, 0.1) is 12.7 Å². The number of hydrogen-bond donors (Lipinski definition) is 1. The highest BCUT2D eigenvalue weighted by atomic mass is 19.1. The van der Waals surface area contributed by atoms with Gasteiger partial charge < -0.3 is 4.74 Å². The van der Waals surface area contributed by atoms with E-state index < -0.39 is 6.09 Å². The fraction of sp³-hybridized carbons (Fsp3) is 0.300. The summed E-state index contributed by atoms with van der Waals surface area (Å²) in [6.45, 7) is 3.59. The van der Waals surface area contributed by atoms with Crippen molar-refractivity contribution in [1.82, 2.24) is 0 Å². The molecular formula is C10H12FNO2. The zero-order valence-electron chi connectivity index (χ0n) is 8.13. The van der Waals surface area contributed by atoms with E-state index in [2.05, 4.69) is 10.1 Å². The van der Waals surface area contributed by atoms with E-state index >= 15 is 0 Å². The lowest BCUT2D eigenvalue weighted by Gasteiger charge is -2.08. The van der Waals surface area contributed by atoms with Crippen LogP contribution >= 0.6 is 0 Å². The number of nitrogens with one attached hydrogen (secondary N) is 1. The van der Waals surface area contributed by atoms with Crippen molar-refractivity contribution in [2.24, 2.45) is 0 Å². The van der Waals surface area contributed by atoms with Gasteiger partial charge in [0, 0.05) is 11.3 Å². The molecule has 0 radical (unpaired) electrons. The Balaban J connectivity index is 2.76. The zero-order valence-corrected chi connectivity index (χ0v) is 8.13. The molecule has 0 bridgehead atoms. The van der Waals surface area contributed by atoms with Crippen LogP contribution in [0.3, 0.4) is 0 Å². The van der Waals surface area contributed by atoms with Crippen molar-refractivity contribution in [3.8, 4) is 0 Å². The van der Waals surface area contributed by atoms with Crippen molar-refractivity contribution in [2.75, 3.05) is 11.9 Å². The number of amides is 1.